The summed E-state index contributed by atoms with van der Waals surface area (Å²) in [6.45, 7) is 0.387. The Labute approximate surface area is 212 Å². The van der Waals surface area contributed by atoms with Gasteiger partial charge in [0.1, 0.15) is 18.2 Å². The average Bonchev–Trinajstić information content (AvgIpc) is 2.83. The molecule has 168 valence electrons. The van der Waals surface area contributed by atoms with Crippen LogP contribution in [0.2, 0.25) is 0 Å². The van der Waals surface area contributed by atoms with Crippen LogP contribution in [0.5, 0.6) is 5.75 Å². The SMILES string of the molecule is N#Cc1ccc(C(=O)N/N=C\c2cc(Br)c(OCc3cccc4ccccc34)c(Br)c2)c(F)c1. The Morgan fingerprint density at radius 2 is 1.79 bits per heavy atom. The summed E-state index contributed by atoms with van der Waals surface area (Å²) in [5.41, 5.74) is 3.97. The summed E-state index contributed by atoms with van der Waals surface area (Å²) >= 11 is 7.04. The molecule has 0 spiro atoms. The number of hydrazone groups is 1. The molecule has 0 radical (unpaired) electrons. The molecule has 4 aromatic carbocycles. The van der Waals surface area contributed by atoms with Gasteiger partial charge in [-0.25, -0.2) is 9.82 Å². The Hall–Kier alpha value is -3.54. The highest BCUT2D eigenvalue weighted by atomic mass is 79.9. The number of hydrogen-bond acceptors (Lipinski definition) is 4. The molecule has 0 aliphatic heterocycles. The molecule has 0 saturated carbocycles. The molecule has 0 fully saturated rings. The van der Waals surface area contributed by atoms with E-state index in [-0.39, 0.29) is 11.1 Å². The molecule has 0 atom stereocenters. The molecule has 4 aromatic rings. The molecule has 5 nitrogen and oxygen atoms in total. The predicted molar refractivity (Wildman–Crippen MR) is 136 cm³/mol. The van der Waals surface area contributed by atoms with E-state index >= 15 is 0 Å². The number of hydrogen-bond donors (Lipinski definition) is 1. The topological polar surface area (TPSA) is 74.5 Å². The number of nitrogens with zero attached hydrogens (tertiary/aromatic N) is 2. The van der Waals surface area contributed by atoms with Gasteiger partial charge in [0.25, 0.3) is 5.91 Å². The highest BCUT2D eigenvalue weighted by Crippen LogP contribution is 2.35. The molecule has 0 heterocycles. The van der Waals surface area contributed by atoms with E-state index in [1.807, 2.05) is 30.3 Å². The number of halogens is 3. The lowest BCUT2D eigenvalue weighted by molar-refractivity contribution is 0.0951. The highest BCUT2D eigenvalue weighted by molar-refractivity contribution is 9.11. The largest absolute Gasteiger partial charge is 0.487 e. The van der Waals surface area contributed by atoms with Crippen molar-refractivity contribution in [2.24, 2.45) is 5.10 Å². The maximum Gasteiger partial charge on any atom is 0.274 e. The van der Waals surface area contributed by atoms with Gasteiger partial charge in [-0.15, -0.1) is 0 Å². The zero-order valence-corrected chi connectivity index (χ0v) is 20.7. The number of amides is 1. The van der Waals surface area contributed by atoms with E-state index in [0.717, 1.165) is 22.4 Å². The summed E-state index contributed by atoms with van der Waals surface area (Å²) in [4.78, 5) is 12.2. The first-order valence-corrected chi connectivity index (χ1v) is 11.7. The van der Waals surface area contributed by atoms with Gasteiger partial charge in [-0.05, 0) is 84.1 Å². The molecule has 34 heavy (non-hydrogen) atoms. The molecule has 0 aliphatic carbocycles. The molecule has 4 rings (SSSR count). The Kier molecular flexibility index (Phi) is 7.36. The molecule has 0 saturated heterocycles. The van der Waals surface area contributed by atoms with Crippen molar-refractivity contribution in [3.05, 3.63) is 110 Å². The first-order chi connectivity index (χ1) is 16.5. The number of fused-ring (bicyclic) bond motifs is 1. The number of carbonyl (C=O) groups is 1. The third-order valence-corrected chi connectivity index (χ3v) is 6.17. The minimum Gasteiger partial charge on any atom is -0.487 e. The lowest BCUT2D eigenvalue weighted by atomic mass is 10.1. The number of carbonyl (C=O) groups excluding carboxylic acids is 1. The summed E-state index contributed by atoms with van der Waals surface area (Å²) in [5, 5.41) is 15.0. The van der Waals surface area contributed by atoms with Crippen LogP contribution >= 0.6 is 31.9 Å². The van der Waals surface area contributed by atoms with E-state index in [0.29, 0.717) is 26.9 Å². The minimum absolute atomic E-state index is 0.134. The molecular formula is C26H16Br2FN3O2. The number of ether oxygens (including phenoxy) is 1. The van der Waals surface area contributed by atoms with Gasteiger partial charge in [-0.3, -0.25) is 4.79 Å². The van der Waals surface area contributed by atoms with Gasteiger partial charge in [0.2, 0.25) is 0 Å². The fourth-order valence-electron chi connectivity index (χ4n) is 3.35. The first-order valence-electron chi connectivity index (χ1n) is 10.1. The molecule has 0 aliphatic rings. The molecule has 1 amide bonds. The van der Waals surface area contributed by atoms with E-state index in [1.165, 1.54) is 18.3 Å². The summed E-state index contributed by atoms with van der Waals surface area (Å²) in [6.07, 6.45) is 1.43. The van der Waals surface area contributed by atoms with Crippen molar-refractivity contribution in [3.63, 3.8) is 0 Å². The van der Waals surface area contributed by atoms with Crippen molar-refractivity contribution in [2.45, 2.75) is 6.61 Å². The zero-order valence-electron chi connectivity index (χ0n) is 17.6. The van der Waals surface area contributed by atoms with E-state index in [2.05, 4.69) is 60.6 Å². The van der Waals surface area contributed by atoms with Gasteiger partial charge in [0, 0.05) is 0 Å². The number of nitrogens with one attached hydrogen (secondary N) is 1. The molecule has 8 heteroatoms. The van der Waals surface area contributed by atoms with Crippen molar-refractivity contribution in [1.29, 1.82) is 5.26 Å². The van der Waals surface area contributed by atoms with Crippen LogP contribution in [0.3, 0.4) is 0 Å². The first kappa shape index (κ1) is 23.6. The standard InChI is InChI=1S/C26H16Br2FN3O2/c27-22-10-17(14-31-32-26(33)21-9-8-16(13-30)12-24(21)29)11-23(28)25(22)34-15-19-6-3-5-18-4-1-2-7-20(18)19/h1-12,14H,15H2,(H,32,33)/b31-14-. The van der Waals surface area contributed by atoms with Crippen molar-refractivity contribution >= 4 is 54.8 Å². The molecular weight excluding hydrogens is 565 g/mol. The normalized spacial score (nSPS) is 10.9. The van der Waals surface area contributed by atoms with Gasteiger partial charge in [-0.1, -0.05) is 42.5 Å². The lowest BCUT2D eigenvalue weighted by Crippen LogP contribution is -2.19. The maximum absolute atomic E-state index is 14.0. The van der Waals surface area contributed by atoms with Crippen molar-refractivity contribution in [3.8, 4) is 11.8 Å². The molecule has 1 N–H and O–H groups in total. The Bertz CT molecular complexity index is 1440. The van der Waals surface area contributed by atoms with Crippen LogP contribution in [0.4, 0.5) is 4.39 Å². The number of nitriles is 1. The third kappa shape index (κ3) is 5.33. The van der Waals surface area contributed by atoms with Crippen LogP contribution in [0, 0.1) is 17.1 Å². The number of benzene rings is 4. The minimum atomic E-state index is -0.787. The van der Waals surface area contributed by atoms with E-state index < -0.39 is 11.7 Å². The Morgan fingerprint density at radius 3 is 2.53 bits per heavy atom. The predicted octanol–water partition coefficient (Wildman–Crippen LogP) is 6.72. The fourth-order valence-corrected chi connectivity index (χ4v) is 4.81. The van der Waals surface area contributed by atoms with Gasteiger partial charge in [-0.2, -0.15) is 10.4 Å². The van der Waals surface area contributed by atoms with Crippen LogP contribution in [0.15, 0.2) is 86.8 Å². The van der Waals surface area contributed by atoms with E-state index in [1.54, 1.807) is 12.1 Å². The van der Waals surface area contributed by atoms with Crippen LogP contribution in [-0.2, 0) is 6.61 Å². The van der Waals surface area contributed by atoms with Crippen LogP contribution in [-0.4, -0.2) is 12.1 Å². The molecule has 0 bridgehead atoms. The van der Waals surface area contributed by atoms with Gasteiger partial charge < -0.3 is 4.74 Å². The summed E-state index contributed by atoms with van der Waals surface area (Å²) in [5.74, 6) is -0.870. The van der Waals surface area contributed by atoms with Gasteiger partial charge >= 0.3 is 0 Å². The van der Waals surface area contributed by atoms with E-state index in [4.69, 9.17) is 10.00 Å². The van der Waals surface area contributed by atoms with Gasteiger partial charge in [0.15, 0.2) is 0 Å². The van der Waals surface area contributed by atoms with Crippen LogP contribution in [0.1, 0.15) is 27.0 Å². The monoisotopic (exact) mass is 579 g/mol. The van der Waals surface area contributed by atoms with Crippen molar-refractivity contribution in [1.82, 2.24) is 5.43 Å². The van der Waals surface area contributed by atoms with Crippen LogP contribution in [0.25, 0.3) is 10.8 Å². The maximum atomic E-state index is 14.0. The summed E-state index contributed by atoms with van der Waals surface area (Å²) < 4.78 is 21.5. The second-order valence-corrected chi connectivity index (χ2v) is 8.95. The fraction of sp³-hybridized carbons (Fsp3) is 0.0385. The van der Waals surface area contributed by atoms with Crippen molar-refractivity contribution < 1.29 is 13.9 Å². The Morgan fingerprint density at radius 1 is 1.06 bits per heavy atom. The van der Waals surface area contributed by atoms with E-state index in [9.17, 15) is 9.18 Å². The third-order valence-electron chi connectivity index (χ3n) is 5.00. The van der Waals surface area contributed by atoms with Gasteiger partial charge in [0.05, 0.1) is 32.4 Å². The summed E-state index contributed by atoms with van der Waals surface area (Å²) in [6, 6.07) is 23.3. The zero-order chi connectivity index (χ0) is 24.1. The summed E-state index contributed by atoms with van der Waals surface area (Å²) in [7, 11) is 0. The second kappa shape index (κ2) is 10.6. The highest BCUT2D eigenvalue weighted by Gasteiger charge is 2.12. The average molecular weight is 581 g/mol. The van der Waals surface area contributed by atoms with Crippen LogP contribution < -0.4 is 10.2 Å². The van der Waals surface area contributed by atoms with Crippen molar-refractivity contribution in [2.75, 3.05) is 0 Å². The molecule has 0 aromatic heterocycles. The second-order valence-electron chi connectivity index (χ2n) is 7.25. The number of rotatable bonds is 6. The lowest BCUT2D eigenvalue weighted by Gasteiger charge is -2.13. The molecule has 0 unspecified atom stereocenters. The smallest absolute Gasteiger partial charge is 0.274 e. The Balaban J connectivity index is 1.44. The quantitative estimate of drug-likeness (QED) is 0.203.